The van der Waals surface area contributed by atoms with E-state index in [1.54, 1.807) is 18.2 Å². The van der Waals surface area contributed by atoms with E-state index in [1.165, 1.54) is 13.1 Å². The number of aromatic amines is 1. The Balaban J connectivity index is 2.70. The number of carbonyl (C=O) groups is 2. The van der Waals surface area contributed by atoms with Gasteiger partial charge in [0.05, 0.1) is 11.1 Å². The predicted molar refractivity (Wildman–Crippen MR) is 73.8 cm³/mol. The van der Waals surface area contributed by atoms with Crippen LogP contribution in [0.25, 0.3) is 10.9 Å². The fraction of sp³-hybridized carbons (Fsp3) is 0.267. The van der Waals surface area contributed by atoms with Crippen LogP contribution in [0.3, 0.4) is 0 Å². The number of Topliss-reactive ketones (excluding diaryl/α,β-unsaturated/α-hetero) is 2. The maximum absolute atomic E-state index is 12.3. The van der Waals surface area contributed by atoms with Crippen molar-refractivity contribution in [2.75, 3.05) is 0 Å². The Kier molecular flexibility index (Phi) is 3.60. The second-order valence-electron chi connectivity index (χ2n) is 4.49. The number of hydrogen-bond acceptors (Lipinski definition) is 3. The molecule has 0 fully saturated rings. The molecule has 0 unspecified atom stereocenters. The first kappa shape index (κ1) is 13.2. The van der Waals surface area contributed by atoms with Crippen molar-refractivity contribution in [3.8, 4) is 0 Å². The van der Waals surface area contributed by atoms with Gasteiger partial charge in [-0.1, -0.05) is 13.0 Å². The molecule has 1 N–H and O–H groups in total. The van der Waals surface area contributed by atoms with Crippen LogP contribution in [0.4, 0.5) is 0 Å². The molecule has 0 radical (unpaired) electrons. The molecule has 19 heavy (non-hydrogen) atoms. The van der Waals surface area contributed by atoms with Gasteiger partial charge in [0.2, 0.25) is 0 Å². The number of H-pyrrole nitrogens is 1. The number of fused-ring (bicyclic) bond motifs is 1. The van der Waals surface area contributed by atoms with Crippen LogP contribution in [-0.2, 0) is 0 Å². The zero-order valence-corrected chi connectivity index (χ0v) is 10.9. The van der Waals surface area contributed by atoms with E-state index in [9.17, 15) is 14.4 Å². The number of ketones is 2. The van der Waals surface area contributed by atoms with E-state index in [0.717, 1.165) is 0 Å². The highest BCUT2D eigenvalue weighted by Crippen LogP contribution is 2.15. The number of para-hydroxylation sites is 1. The van der Waals surface area contributed by atoms with Crippen LogP contribution in [0.2, 0.25) is 0 Å². The minimum Gasteiger partial charge on any atom is -0.360 e. The van der Waals surface area contributed by atoms with E-state index in [0.29, 0.717) is 29.3 Å². The van der Waals surface area contributed by atoms with Gasteiger partial charge in [0.25, 0.3) is 0 Å². The number of carbonyl (C=O) groups excluding carboxylic acids is 2. The zero-order valence-electron chi connectivity index (χ0n) is 10.9. The third kappa shape index (κ3) is 2.34. The molecule has 4 nitrogen and oxygen atoms in total. The van der Waals surface area contributed by atoms with Gasteiger partial charge in [-0.3, -0.25) is 14.4 Å². The lowest BCUT2D eigenvalue weighted by Gasteiger charge is -2.05. The summed E-state index contributed by atoms with van der Waals surface area (Å²) < 4.78 is 0. The van der Waals surface area contributed by atoms with E-state index in [4.69, 9.17) is 0 Å². The van der Waals surface area contributed by atoms with Gasteiger partial charge in [0.1, 0.15) is 0 Å². The van der Waals surface area contributed by atoms with Gasteiger partial charge in [-0.25, -0.2) is 0 Å². The average Bonchev–Trinajstić information content (AvgIpc) is 2.38. The lowest BCUT2D eigenvalue weighted by atomic mass is 10.0. The first-order valence-electron chi connectivity index (χ1n) is 6.24. The average molecular weight is 257 g/mol. The number of nitrogens with one attached hydrogen (secondary N) is 1. The molecule has 0 aliphatic heterocycles. The monoisotopic (exact) mass is 257 g/mol. The van der Waals surface area contributed by atoms with Gasteiger partial charge in [0, 0.05) is 23.6 Å². The van der Waals surface area contributed by atoms with Crippen LogP contribution >= 0.6 is 0 Å². The number of hydrogen-bond donors (Lipinski definition) is 1. The topological polar surface area (TPSA) is 67.0 Å². The lowest BCUT2D eigenvalue weighted by Crippen LogP contribution is -2.16. The second kappa shape index (κ2) is 5.18. The van der Waals surface area contributed by atoms with Gasteiger partial charge >= 0.3 is 0 Å². The van der Waals surface area contributed by atoms with Crippen molar-refractivity contribution in [2.24, 2.45) is 0 Å². The van der Waals surface area contributed by atoms with Crippen LogP contribution in [0.1, 0.15) is 47.4 Å². The Morgan fingerprint density at radius 2 is 1.95 bits per heavy atom. The number of rotatable bonds is 4. The number of pyridine rings is 1. The molecule has 0 bridgehead atoms. The van der Waals surface area contributed by atoms with Gasteiger partial charge in [-0.15, -0.1) is 0 Å². The van der Waals surface area contributed by atoms with Crippen LogP contribution in [0, 0.1) is 0 Å². The SMILES string of the molecule is CCCC(=O)c1c[nH]c2c(C(C)=O)cccc2c1=O. The minimum atomic E-state index is -0.310. The summed E-state index contributed by atoms with van der Waals surface area (Å²) in [4.78, 5) is 38.5. The summed E-state index contributed by atoms with van der Waals surface area (Å²) in [6.45, 7) is 3.34. The summed E-state index contributed by atoms with van der Waals surface area (Å²) in [6.07, 6.45) is 2.46. The molecule has 0 saturated carbocycles. The Bertz CT molecular complexity index is 713. The molecule has 0 aliphatic rings. The molecular formula is C15H15NO3. The summed E-state index contributed by atoms with van der Waals surface area (Å²) in [5.74, 6) is -0.284. The fourth-order valence-electron chi connectivity index (χ4n) is 2.11. The van der Waals surface area contributed by atoms with Crippen LogP contribution in [0.5, 0.6) is 0 Å². The molecule has 1 aromatic carbocycles. The summed E-state index contributed by atoms with van der Waals surface area (Å²) in [6, 6.07) is 4.94. The Morgan fingerprint density at radius 1 is 1.21 bits per heavy atom. The van der Waals surface area contributed by atoms with Crippen molar-refractivity contribution in [2.45, 2.75) is 26.7 Å². The van der Waals surface area contributed by atoms with Crippen molar-refractivity contribution in [3.05, 3.63) is 45.7 Å². The molecule has 1 aromatic heterocycles. The third-order valence-corrected chi connectivity index (χ3v) is 3.07. The van der Waals surface area contributed by atoms with Crippen molar-refractivity contribution < 1.29 is 9.59 Å². The second-order valence-corrected chi connectivity index (χ2v) is 4.49. The first-order chi connectivity index (χ1) is 9.06. The van der Waals surface area contributed by atoms with E-state index in [1.807, 2.05) is 6.92 Å². The molecule has 0 amide bonds. The van der Waals surface area contributed by atoms with Gasteiger partial charge < -0.3 is 4.98 Å². The molecule has 0 saturated heterocycles. The molecular weight excluding hydrogens is 242 g/mol. The molecule has 0 atom stereocenters. The summed E-state index contributed by atoms with van der Waals surface area (Å²) in [7, 11) is 0. The molecule has 0 aliphatic carbocycles. The summed E-state index contributed by atoms with van der Waals surface area (Å²) >= 11 is 0. The minimum absolute atomic E-state index is 0.117. The highest BCUT2D eigenvalue weighted by Gasteiger charge is 2.14. The van der Waals surface area contributed by atoms with E-state index in [2.05, 4.69) is 4.98 Å². The maximum Gasteiger partial charge on any atom is 0.200 e. The first-order valence-corrected chi connectivity index (χ1v) is 6.24. The molecule has 98 valence electrons. The highest BCUT2D eigenvalue weighted by atomic mass is 16.1. The molecule has 0 spiro atoms. The maximum atomic E-state index is 12.3. The highest BCUT2D eigenvalue weighted by molar-refractivity contribution is 6.07. The lowest BCUT2D eigenvalue weighted by molar-refractivity contribution is 0.0979. The fourth-order valence-corrected chi connectivity index (χ4v) is 2.11. The van der Waals surface area contributed by atoms with Crippen molar-refractivity contribution in [3.63, 3.8) is 0 Å². The normalized spacial score (nSPS) is 10.6. The predicted octanol–water partition coefficient (Wildman–Crippen LogP) is 2.71. The van der Waals surface area contributed by atoms with Crippen LogP contribution < -0.4 is 5.43 Å². The quantitative estimate of drug-likeness (QED) is 0.856. The Hall–Kier alpha value is -2.23. The van der Waals surface area contributed by atoms with E-state index in [-0.39, 0.29) is 22.6 Å². The van der Waals surface area contributed by atoms with Crippen LogP contribution in [-0.4, -0.2) is 16.6 Å². The number of aromatic nitrogens is 1. The van der Waals surface area contributed by atoms with Crippen molar-refractivity contribution in [1.29, 1.82) is 0 Å². The summed E-state index contributed by atoms with van der Waals surface area (Å²) in [5, 5.41) is 0.384. The molecule has 1 heterocycles. The molecule has 4 heteroatoms. The van der Waals surface area contributed by atoms with Gasteiger partial charge in [-0.2, -0.15) is 0 Å². The van der Waals surface area contributed by atoms with E-state index < -0.39 is 0 Å². The molecule has 2 rings (SSSR count). The Labute approximate surface area is 110 Å². The van der Waals surface area contributed by atoms with Crippen molar-refractivity contribution >= 4 is 22.5 Å². The van der Waals surface area contributed by atoms with Crippen LogP contribution in [0.15, 0.2) is 29.2 Å². The number of benzene rings is 1. The zero-order chi connectivity index (χ0) is 14.0. The largest absolute Gasteiger partial charge is 0.360 e. The van der Waals surface area contributed by atoms with Gasteiger partial charge in [-0.05, 0) is 25.5 Å². The standard InChI is InChI=1S/C15H15NO3/c1-3-5-13(18)12-8-16-14-10(9(2)17)6-4-7-11(14)15(12)19/h4,6-8H,3,5H2,1-2H3,(H,16,19). The Morgan fingerprint density at radius 3 is 2.58 bits per heavy atom. The van der Waals surface area contributed by atoms with Crippen molar-refractivity contribution in [1.82, 2.24) is 4.98 Å². The third-order valence-electron chi connectivity index (χ3n) is 3.07. The molecule has 2 aromatic rings. The van der Waals surface area contributed by atoms with Gasteiger partial charge in [0.15, 0.2) is 17.0 Å². The smallest absolute Gasteiger partial charge is 0.200 e. The van der Waals surface area contributed by atoms with E-state index >= 15 is 0 Å². The summed E-state index contributed by atoms with van der Waals surface area (Å²) in [5.41, 5.74) is 0.808.